The Morgan fingerprint density at radius 2 is 1.58 bits per heavy atom. The third-order valence-corrected chi connectivity index (χ3v) is 5.77. The molecule has 0 bridgehead atoms. The summed E-state index contributed by atoms with van der Waals surface area (Å²) in [6.07, 6.45) is 0. The summed E-state index contributed by atoms with van der Waals surface area (Å²) in [7, 11) is 0. The number of Topliss-reactive ketones (excluding diaryl/α,β-unsaturated/α-hetero) is 1. The van der Waals surface area contributed by atoms with Gasteiger partial charge in [0.25, 0.3) is 0 Å². The molecule has 1 aliphatic heterocycles. The summed E-state index contributed by atoms with van der Waals surface area (Å²) in [5.74, 6) is -0.0396. The Morgan fingerprint density at radius 1 is 0.962 bits per heavy atom. The summed E-state index contributed by atoms with van der Waals surface area (Å²) >= 11 is 4.64. The summed E-state index contributed by atoms with van der Waals surface area (Å²) < 4.78 is 12.1. The van der Waals surface area contributed by atoms with Crippen LogP contribution in [0.4, 0.5) is 0 Å². The molecule has 3 aromatic rings. The Kier molecular flexibility index (Phi) is 4.61. The lowest BCUT2D eigenvalue weighted by atomic mass is 9.88. The van der Waals surface area contributed by atoms with Crippen LogP contribution in [0, 0.1) is 0 Å². The topological polar surface area (TPSA) is 52.6 Å². The molecular formula is C20H13BrO4S. The molecule has 0 saturated carbocycles. The number of esters is 1. The number of ketones is 1. The number of halogens is 1. The summed E-state index contributed by atoms with van der Waals surface area (Å²) in [5.41, 5.74) is 1.48. The van der Waals surface area contributed by atoms with Crippen molar-refractivity contribution in [1.29, 1.82) is 0 Å². The summed E-state index contributed by atoms with van der Waals surface area (Å²) in [4.78, 5) is 25.6. The Labute approximate surface area is 162 Å². The van der Waals surface area contributed by atoms with Crippen LogP contribution in [-0.2, 0) is 9.53 Å². The van der Waals surface area contributed by atoms with Crippen molar-refractivity contribution in [1.82, 2.24) is 0 Å². The zero-order valence-corrected chi connectivity index (χ0v) is 15.9. The average molecular weight is 429 g/mol. The van der Waals surface area contributed by atoms with Gasteiger partial charge in [0.15, 0.2) is 6.61 Å². The summed E-state index contributed by atoms with van der Waals surface area (Å²) in [6, 6.07) is 18.2. The molecule has 0 spiro atoms. The standard InChI is InChI=1S/C20H13BrO4S/c21-18-10-9-17(26-18)14(22)11-24-20(23)19-12-5-1-3-7-15(12)25-16-8-4-2-6-13(16)19/h1-10,19H,11H2. The van der Waals surface area contributed by atoms with Crippen molar-refractivity contribution in [3.05, 3.63) is 80.5 Å². The van der Waals surface area contributed by atoms with Gasteiger partial charge in [-0.2, -0.15) is 0 Å². The number of hydrogen-bond acceptors (Lipinski definition) is 5. The molecule has 0 unspecified atom stereocenters. The number of carbonyl (C=O) groups excluding carboxylic acids is 2. The number of carbonyl (C=O) groups is 2. The number of fused-ring (bicyclic) bond motifs is 2. The van der Waals surface area contributed by atoms with Crippen LogP contribution in [0.2, 0.25) is 0 Å². The Bertz CT molecular complexity index is 949. The predicted molar refractivity (Wildman–Crippen MR) is 102 cm³/mol. The van der Waals surface area contributed by atoms with Crippen molar-refractivity contribution in [2.75, 3.05) is 6.61 Å². The number of para-hydroxylation sites is 2. The van der Waals surface area contributed by atoms with E-state index in [9.17, 15) is 9.59 Å². The minimum absolute atomic E-state index is 0.220. The van der Waals surface area contributed by atoms with Gasteiger partial charge in [0.05, 0.1) is 8.66 Å². The van der Waals surface area contributed by atoms with Gasteiger partial charge in [-0.3, -0.25) is 9.59 Å². The van der Waals surface area contributed by atoms with Crippen LogP contribution < -0.4 is 4.74 Å². The molecule has 0 aliphatic carbocycles. The number of rotatable bonds is 4. The van der Waals surface area contributed by atoms with E-state index < -0.39 is 11.9 Å². The van der Waals surface area contributed by atoms with Crippen molar-refractivity contribution >= 4 is 39.0 Å². The van der Waals surface area contributed by atoms with Gasteiger partial charge in [0, 0.05) is 11.1 Å². The fourth-order valence-corrected chi connectivity index (χ4v) is 4.23. The van der Waals surface area contributed by atoms with Crippen LogP contribution in [-0.4, -0.2) is 18.4 Å². The lowest BCUT2D eigenvalue weighted by molar-refractivity contribution is -0.143. The fourth-order valence-electron chi connectivity index (χ4n) is 2.92. The molecule has 1 aliphatic rings. The SMILES string of the molecule is O=C(COC(=O)C1c2ccccc2Oc2ccccc21)c1ccc(Br)s1. The Hall–Kier alpha value is -2.44. The molecule has 0 radical (unpaired) electrons. The first kappa shape index (κ1) is 17.0. The van der Waals surface area contributed by atoms with Gasteiger partial charge in [-0.1, -0.05) is 36.4 Å². The third-order valence-electron chi connectivity index (χ3n) is 4.11. The quantitative estimate of drug-likeness (QED) is 0.424. The molecule has 6 heteroatoms. The molecule has 0 amide bonds. The second-order valence-corrected chi connectivity index (χ2v) is 8.21. The van der Waals surface area contributed by atoms with Gasteiger partial charge in [-0.05, 0) is 40.2 Å². The van der Waals surface area contributed by atoms with E-state index in [-0.39, 0.29) is 12.4 Å². The summed E-state index contributed by atoms with van der Waals surface area (Å²) in [5, 5.41) is 0. The smallest absolute Gasteiger partial charge is 0.318 e. The van der Waals surface area contributed by atoms with Crippen LogP contribution in [0.15, 0.2) is 64.5 Å². The van der Waals surface area contributed by atoms with E-state index in [1.807, 2.05) is 48.5 Å². The van der Waals surface area contributed by atoms with Crippen molar-refractivity contribution in [2.45, 2.75) is 5.92 Å². The van der Waals surface area contributed by atoms with Gasteiger partial charge in [-0.15, -0.1) is 11.3 Å². The monoisotopic (exact) mass is 428 g/mol. The van der Waals surface area contributed by atoms with E-state index in [1.54, 1.807) is 12.1 Å². The fraction of sp³-hybridized carbons (Fsp3) is 0.100. The highest BCUT2D eigenvalue weighted by Crippen LogP contribution is 2.44. The molecular weight excluding hydrogens is 416 g/mol. The van der Waals surface area contributed by atoms with Gasteiger partial charge in [-0.25, -0.2) is 0 Å². The van der Waals surface area contributed by atoms with Crippen molar-refractivity contribution < 1.29 is 19.1 Å². The van der Waals surface area contributed by atoms with E-state index in [4.69, 9.17) is 9.47 Å². The van der Waals surface area contributed by atoms with E-state index in [0.29, 0.717) is 16.4 Å². The number of ether oxygens (including phenoxy) is 2. The maximum absolute atomic E-state index is 12.8. The summed E-state index contributed by atoms with van der Waals surface area (Å²) in [6.45, 7) is -0.284. The molecule has 1 aromatic heterocycles. The van der Waals surface area contributed by atoms with Gasteiger partial charge < -0.3 is 9.47 Å². The molecule has 4 nitrogen and oxygen atoms in total. The highest BCUT2D eigenvalue weighted by molar-refractivity contribution is 9.11. The minimum atomic E-state index is -0.612. The Balaban J connectivity index is 1.58. The molecule has 4 rings (SSSR count). The molecule has 130 valence electrons. The third kappa shape index (κ3) is 3.18. The highest BCUT2D eigenvalue weighted by Gasteiger charge is 2.33. The van der Waals surface area contributed by atoms with E-state index in [1.165, 1.54) is 11.3 Å². The molecule has 2 heterocycles. The second-order valence-electron chi connectivity index (χ2n) is 5.75. The molecule has 0 atom stereocenters. The second kappa shape index (κ2) is 7.05. The highest BCUT2D eigenvalue weighted by atomic mass is 79.9. The number of hydrogen-bond donors (Lipinski definition) is 0. The van der Waals surface area contributed by atoms with E-state index >= 15 is 0 Å². The van der Waals surface area contributed by atoms with E-state index in [2.05, 4.69) is 15.9 Å². The first-order valence-corrected chi connectivity index (χ1v) is 9.55. The van der Waals surface area contributed by atoms with Gasteiger partial charge in [0.2, 0.25) is 5.78 Å². The Morgan fingerprint density at radius 3 is 2.15 bits per heavy atom. The average Bonchev–Trinajstić information content (AvgIpc) is 3.10. The van der Waals surface area contributed by atoms with Crippen molar-refractivity contribution in [2.24, 2.45) is 0 Å². The van der Waals surface area contributed by atoms with E-state index in [0.717, 1.165) is 14.9 Å². The molecule has 0 saturated heterocycles. The van der Waals surface area contributed by atoms with Crippen molar-refractivity contribution in [3.63, 3.8) is 0 Å². The van der Waals surface area contributed by atoms with Crippen LogP contribution >= 0.6 is 27.3 Å². The zero-order valence-electron chi connectivity index (χ0n) is 13.5. The molecule has 26 heavy (non-hydrogen) atoms. The van der Waals surface area contributed by atoms with Gasteiger partial charge in [0.1, 0.15) is 17.4 Å². The number of thiophene rings is 1. The minimum Gasteiger partial charge on any atom is -0.457 e. The van der Waals surface area contributed by atoms with Gasteiger partial charge >= 0.3 is 5.97 Å². The van der Waals surface area contributed by atoms with Crippen LogP contribution in [0.3, 0.4) is 0 Å². The molecule has 2 aromatic carbocycles. The number of benzene rings is 2. The zero-order chi connectivity index (χ0) is 18.1. The molecule has 0 fully saturated rings. The first-order chi connectivity index (χ1) is 12.6. The largest absolute Gasteiger partial charge is 0.457 e. The van der Waals surface area contributed by atoms with Crippen LogP contribution in [0.5, 0.6) is 11.5 Å². The normalized spacial score (nSPS) is 12.7. The van der Waals surface area contributed by atoms with Crippen molar-refractivity contribution in [3.8, 4) is 11.5 Å². The first-order valence-electron chi connectivity index (χ1n) is 7.94. The van der Waals surface area contributed by atoms with Crippen LogP contribution in [0.25, 0.3) is 0 Å². The lowest BCUT2D eigenvalue weighted by Crippen LogP contribution is -2.23. The predicted octanol–water partition coefficient (Wildman–Crippen LogP) is 5.17. The molecule has 0 N–H and O–H groups in total. The lowest BCUT2D eigenvalue weighted by Gasteiger charge is -2.26. The maximum Gasteiger partial charge on any atom is 0.318 e. The maximum atomic E-state index is 12.8. The van der Waals surface area contributed by atoms with Crippen LogP contribution in [0.1, 0.15) is 26.7 Å².